The number of sulfonamides is 1. The molecule has 2 aliphatic heterocycles. The molecule has 0 N–H and O–H groups in total. The first-order valence-electron chi connectivity index (χ1n) is 9.92. The molecule has 1 aromatic heterocycles. The fourth-order valence-electron chi connectivity index (χ4n) is 4.05. The summed E-state index contributed by atoms with van der Waals surface area (Å²) in [5, 5.41) is 0. The summed E-state index contributed by atoms with van der Waals surface area (Å²) < 4.78 is 44.7. The van der Waals surface area contributed by atoms with Gasteiger partial charge in [0.1, 0.15) is 0 Å². The average molecular weight is 429 g/mol. The molecule has 0 spiro atoms. The van der Waals surface area contributed by atoms with Crippen LogP contribution in [-0.4, -0.2) is 98.2 Å². The fourth-order valence-corrected chi connectivity index (χ4v) is 4.93. The van der Waals surface area contributed by atoms with E-state index in [-0.39, 0.29) is 17.8 Å². The van der Waals surface area contributed by atoms with Crippen molar-refractivity contribution >= 4 is 15.9 Å². The van der Waals surface area contributed by atoms with Gasteiger partial charge in [-0.2, -0.15) is 0 Å². The number of nitrogens with zero attached hydrogens (tertiary/aromatic N) is 4. The average Bonchev–Trinajstić information content (AvgIpc) is 3.19. The molecule has 0 saturated carbocycles. The summed E-state index contributed by atoms with van der Waals surface area (Å²) in [4.78, 5) is 20.2. The number of carbonyl (C=O) groups excluding carboxylic acids is 1. The summed E-state index contributed by atoms with van der Waals surface area (Å²) in [6, 6.07) is 3.05. The summed E-state index contributed by atoms with van der Waals surface area (Å²) in [5.74, 6) is -1.09. The van der Waals surface area contributed by atoms with Crippen LogP contribution in [0.2, 0.25) is 0 Å². The molecular weight excluding hydrogens is 399 g/mol. The third-order valence-electron chi connectivity index (χ3n) is 5.73. The van der Waals surface area contributed by atoms with E-state index in [2.05, 4.69) is 9.88 Å². The topological polar surface area (TPSA) is 83.0 Å². The van der Waals surface area contributed by atoms with Gasteiger partial charge in [-0.05, 0) is 31.4 Å². The van der Waals surface area contributed by atoms with E-state index in [4.69, 9.17) is 4.74 Å². The van der Waals surface area contributed by atoms with Crippen LogP contribution in [-0.2, 0) is 14.8 Å². The first-order chi connectivity index (χ1) is 13.8. The van der Waals surface area contributed by atoms with Gasteiger partial charge in [-0.3, -0.25) is 9.69 Å². The molecule has 162 valence electrons. The maximum absolute atomic E-state index is 13.9. The smallest absolute Gasteiger partial charge is 0.275 e. The number of pyridine rings is 1. The Kier molecular flexibility index (Phi) is 7.20. The molecule has 2 aliphatic rings. The van der Waals surface area contributed by atoms with Crippen molar-refractivity contribution in [2.24, 2.45) is 0 Å². The van der Waals surface area contributed by atoms with E-state index in [1.165, 1.54) is 33.8 Å². The Bertz CT molecular complexity index is 816. The molecule has 0 aliphatic carbocycles. The van der Waals surface area contributed by atoms with Gasteiger partial charge in [0, 0.05) is 64.7 Å². The lowest BCUT2D eigenvalue weighted by Crippen LogP contribution is -2.50. The van der Waals surface area contributed by atoms with E-state index in [0.29, 0.717) is 39.4 Å². The van der Waals surface area contributed by atoms with Crippen molar-refractivity contribution in [2.75, 3.05) is 52.7 Å². The second kappa shape index (κ2) is 9.46. The highest BCUT2D eigenvalue weighted by Gasteiger charge is 2.36. The standard InChI is InChI=1S/C19H29FN4O4S/c1-22(19(25)18-17(20)4-3-8-21-18)10-11-24(15-6-12-28-13-7-15)16-5-9-23(14-16)29(2,26)27/h3-4,8,15-16H,5-7,9-14H2,1-2H3. The second-order valence-electron chi connectivity index (χ2n) is 7.71. The molecule has 10 heteroatoms. The van der Waals surface area contributed by atoms with Gasteiger partial charge >= 0.3 is 0 Å². The predicted octanol–water partition coefficient (Wildman–Crippen LogP) is 0.808. The molecule has 1 aromatic rings. The quantitative estimate of drug-likeness (QED) is 0.639. The molecule has 0 radical (unpaired) electrons. The largest absolute Gasteiger partial charge is 0.381 e. The van der Waals surface area contributed by atoms with Crippen molar-refractivity contribution in [1.82, 2.24) is 19.1 Å². The van der Waals surface area contributed by atoms with Crippen LogP contribution >= 0.6 is 0 Å². The number of rotatable bonds is 7. The van der Waals surface area contributed by atoms with Crippen molar-refractivity contribution in [3.05, 3.63) is 29.8 Å². The van der Waals surface area contributed by atoms with Gasteiger partial charge in [-0.1, -0.05) is 0 Å². The fraction of sp³-hybridized carbons (Fsp3) is 0.684. The molecule has 3 rings (SSSR count). The summed E-state index contributed by atoms with van der Waals surface area (Å²) in [6.45, 7) is 3.32. The van der Waals surface area contributed by atoms with Gasteiger partial charge in [-0.25, -0.2) is 22.1 Å². The number of likely N-dealkylation sites (N-methyl/N-ethyl adjacent to an activating group) is 1. The molecule has 3 heterocycles. The number of halogens is 1. The van der Waals surface area contributed by atoms with Crippen molar-refractivity contribution in [3.63, 3.8) is 0 Å². The van der Waals surface area contributed by atoms with E-state index >= 15 is 0 Å². The highest BCUT2D eigenvalue weighted by Crippen LogP contribution is 2.24. The molecular formula is C19H29FN4O4S. The van der Waals surface area contributed by atoms with Crippen LogP contribution < -0.4 is 0 Å². The van der Waals surface area contributed by atoms with Crippen LogP contribution in [0.1, 0.15) is 29.8 Å². The zero-order chi connectivity index (χ0) is 21.0. The number of carbonyl (C=O) groups is 1. The van der Waals surface area contributed by atoms with Gasteiger partial charge in [0.15, 0.2) is 11.5 Å². The minimum absolute atomic E-state index is 0.0999. The zero-order valence-electron chi connectivity index (χ0n) is 17.0. The molecule has 1 amide bonds. The van der Waals surface area contributed by atoms with E-state index in [1.807, 2.05) is 0 Å². The summed E-state index contributed by atoms with van der Waals surface area (Å²) in [7, 11) is -1.58. The lowest BCUT2D eigenvalue weighted by atomic mass is 10.0. The summed E-state index contributed by atoms with van der Waals surface area (Å²) >= 11 is 0. The highest BCUT2D eigenvalue weighted by molar-refractivity contribution is 7.88. The molecule has 2 saturated heterocycles. The van der Waals surface area contributed by atoms with E-state index in [9.17, 15) is 17.6 Å². The van der Waals surface area contributed by atoms with Gasteiger partial charge in [0.2, 0.25) is 10.0 Å². The first-order valence-corrected chi connectivity index (χ1v) is 11.8. The third-order valence-corrected chi connectivity index (χ3v) is 7.00. The number of ether oxygens (including phenoxy) is 1. The number of amides is 1. The van der Waals surface area contributed by atoms with Crippen molar-refractivity contribution in [1.29, 1.82) is 0 Å². The zero-order valence-corrected chi connectivity index (χ0v) is 17.8. The summed E-state index contributed by atoms with van der Waals surface area (Å²) in [6.07, 6.45) is 5.15. The molecule has 29 heavy (non-hydrogen) atoms. The van der Waals surface area contributed by atoms with Crippen molar-refractivity contribution in [3.8, 4) is 0 Å². The Balaban J connectivity index is 1.67. The van der Waals surface area contributed by atoms with Crippen LogP contribution in [0.5, 0.6) is 0 Å². The van der Waals surface area contributed by atoms with Gasteiger partial charge in [-0.15, -0.1) is 0 Å². The van der Waals surface area contributed by atoms with Gasteiger partial charge in [0.25, 0.3) is 5.91 Å². The minimum atomic E-state index is -3.22. The minimum Gasteiger partial charge on any atom is -0.381 e. The highest BCUT2D eigenvalue weighted by atomic mass is 32.2. The van der Waals surface area contributed by atoms with Crippen LogP contribution in [0.25, 0.3) is 0 Å². The molecule has 0 bridgehead atoms. The molecule has 1 atom stereocenters. The SMILES string of the molecule is CN(CCN(C1CCOCC1)C1CCN(S(C)(=O)=O)C1)C(=O)c1ncccc1F. The lowest BCUT2D eigenvalue weighted by Gasteiger charge is -2.39. The van der Waals surface area contributed by atoms with Crippen LogP contribution in [0.3, 0.4) is 0 Å². The van der Waals surface area contributed by atoms with Gasteiger partial charge in [0.05, 0.1) is 6.26 Å². The van der Waals surface area contributed by atoms with E-state index in [1.54, 1.807) is 7.05 Å². The number of aromatic nitrogens is 1. The molecule has 0 aromatic carbocycles. The Hall–Kier alpha value is -1.62. The van der Waals surface area contributed by atoms with Crippen molar-refractivity contribution in [2.45, 2.75) is 31.3 Å². The van der Waals surface area contributed by atoms with Crippen LogP contribution in [0.15, 0.2) is 18.3 Å². The molecule has 8 nitrogen and oxygen atoms in total. The Morgan fingerprint density at radius 1 is 1.28 bits per heavy atom. The lowest BCUT2D eigenvalue weighted by molar-refractivity contribution is 0.0157. The predicted molar refractivity (Wildman–Crippen MR) is 107 cm³/mol. The van der Waals surface area contributed by atoms with E-state index < -0.39 is 21.7 Å². The first kappa shape index (κ1) is 22.1. The summed E-state index contributed by atoms with van der Waals surface area (Å²) in [5.41, 5.74) is -0.184. The normalized spacial score (nSPS) is 21.6. The van der Waals surface area contributed by atoms with Gasteiger partial charge < -0.3 is 9.64 Å². The van der Waals surface area contributed by atoms with Crippen molar-refractivity contribution < 1.29 is 22.3 Å². The maximum atomic E-state index is 13.9. The molecule has 2 fully saturated rings. The van der Waals surface area contributed by atoms with E-state index in [0.717, 1.165) is 19.3 Å². The molecule has 1 unspecified atom stereocenters. The van der Waals surface area contributed by atoms with Crippen LogP contribution in [0, 0.1) is 5.82 Å². The van der Waals surface area contributed by atoms with Crippen LogP contribution in [0.4, 0.5) is 4.39 Å². The Morgan fingerprint density at radius 2 is 2.00 bits per heavy atom. The third kappa shape index (κ3) is 5.50. The maximum Gasteiger partial charge on any atom is 0.275 e. The second-order valence-corrected chi connectivity index (χ2v) is 9.69. The number of hydrogen-bond donors (Lipinski definition) is 0. The Labute approximate surface area is 171 Å². The monoisotopic (exact) mass is 428 g/mol. The Morgan fingerprint density at radius 3 is 2.62 bits per heavy atom. The number of hydrogen-bond acceptors (Lipinski definition) is 6.